The first-order chi connectivity index (χ1) is 8.61. The molecule has 2 N–H and O–H groups in total. The Kier molecular flexibility index (Phi) is 3.48. The van der Waals surface area contributed by atoms with Gasteiger partial charge < -0.3 is 15.0 Å². The van der Waals surface area contributed by atoms with Gasteiger partial charge in [0.2, 0.25) is 0 Å². The number of hydrogen-bond acceptors (Lipinski definition) is 3. The lowest BCUT2D eigenvalue weighted by atomic mass is 10.2. The van der Waals surface area contributed by atoms with Crippen LogP contribution >= 0.6 is 15.9 Å². The number of carbonyl (C=O) groups is 1. The van der Waals surface area contributed by atoms with Gasteiger partial charge >= 0.3 is 6.09 Å². The van der Waals surface area contributed by atoms with E-state index in [-0.39, 0.29) is 6.54 Å². The highest BCUT2D eigenvalue weighted by Crippen LogP contribution is 2.22. The Morgan fingerprint density at radius 2 is 2.44 bits per heavy atom. The fraction of sp³-hybridized carbons (Fsp3) is 0.182. The van der Waals surface area contributed by atoms with E-state index in [4.69, 9.17) is 10.4 Å². The molecule has 0 aromatic carbocycles. The van der Waals surface area contributed by atoms with Gasteiger partial charge in [0.05, 0.1) is 5.56 Å². The van der Waals surface area contributed by atoms with Crippen LogP contribution in [0.5, 0.6) is 0 Å². The number of nitriles is 1. The molecule has 7 heteroatoms. The molecule has 0 atom stereocenters. The van der Waals surface area contributed by atoms with Crippen molar-refractivity contribution in [3.63, 3.8) is 0 Å². The van der Waals surface area contributed by atoms with Crippen LogP contribution in [-0.4, -0.2) is 27.3 Å². The molecule has 0 aliphatic carbocycles. The molecule has 0 bridgehead atoms. The number of amides is 1. The average Bonchev–Trinajstić information content (AvgIpc) is 2.66. The SMILES string of the molecule is N#Cc1cn(CCNC(=O)O)c2ncc(Br)cc12. The summed E-state index contributed by atoms with van der Waals surface area (Å²) in [5, 5.41) is 20.6. The summed E-state index contributed by atoms with van der Waals surface area (Å²) in [6.07, 6.45) is 2.25. The van der Waals surface area contributed by atoms with E-state index >= 15 is 0 Å². The molecule has 0 saturated carbocycles. The molecular weight excluding hydrogens is 300 g/mol. The van der Waals surface area contributed by atoms with Gasteiger partial charge in [0, 0.05) is 35.3 Å². The number of nitrogens with zero attached hydrogens (tertiary/aromatic N) is 3. The minimum atomic E-state index is -1.07. The second-order valence-corrected chi connectivity index (χ2v) is 4.52. The summed E-state index contributed by atoms with van der Waals surface area (Å²) < 4.78 is 2.56. The fourth-order valence-corrected chi connectivity index (χ4v) is 2.02. The highest BCUT2D eigenvalue weighted by molar-refractivity contribution is 9.10. The van der Waals surface area contributed by atoms with Crippen LogP contribution < -0.4 is 5.32 Å². The zero-order valence-corrected chi connectivity index (χ0v) is 10.8. The number of hydrogen-bond donors (Lipinski definition) is 2. The third-order valence-corrected chi connectivity index (χ3v) is 2.86. The second-order valence-electron chi connectivity index (χ2n) is 3.60. The first-order valence-electron chi connectivity index (χ1n) is 5.13. The Bertz CT molecular complexity index is 644. The van der Waals surface area contributed by atoms with E-state index in [1.54, 1.807) is 17.0 Å². The van der Waals surface area contributed by atoms with Crippen LogP contribution in [0.25, 0.3) is 11.0 Å². The molecular formula is C11H9BrN4O2. The van der Waals surface area contributed by atoms with Gasteiger partial charge in [-0.3, -0.25) is 0 Å². The van der Waals surface area contributed by atoms with Gasteiger partial charge in [0.1, 0.15) is 11.7 Å². The fourth-order valence-electron chi connectivity index (χ4n) is 1.69. The van der Waals surface area contributed by atoms with Crippen molar-refractivity contribution in [1.29, 1.82) is 5.26 Å². The molecule has 0 unspecified atom stereocenters. The number of pyridine rings is 1. The average molecular weight is 309 g/mol. The van der Waals surface area contributed by atoms with Crippen molar-refractivity contribution >= 4 is 33.1 Å². The monoisotopic (exact) mass is 308 g/mol. The van der Waals surface area contributed by atoms with Crippen LogP contribution in [0.4, 0.5) is 4.79 Å². The first-order valence-corrected chi connectivity index (χ1v) is 5.92. The predicted molar refractivity (Wildman–Crippen MR) is 68.2 cm³/mol. The van der Waals surface area contributed by atoms with E-state index in [1.807, 2.05) is 6.07 Å². The quantitative estimate of drug-likeness (QED) is 0.906. The van der Waals surface area contributed by atoms with Gasteiger partial charge in [0.25, 0.3) is 0 Å². The number of carboxylic acid groups (broad SMARTS) is 1. The van der Waals surface area contributed by atoms with Gasteiger partial charge in [-0.2, -0.15) is 5.26 Å². The van der Waals surface area contributed by atoms with Gasteiger partial charge in [0.15, 0.2) is 0 Å². The lowest BCUT2D eigenvalue weighted by Crippen LogP contribution is -2.25. The van der Waals surface area contributed by atoms with E-state index in [2.05, 4.69) is 32.3 Å². The number of halogens is 1. The molecule has 0 radical (unpaired) electrons. The molecule has 0 saturated heterocycles. The summed E-state index contributed by atoms with van der Waals surface area (Å²) >= 11 is 3.31. The Morgan fingerprint density at radius 1 is 1.67 bits per heavy atom. The van der Waals surface area contributed by atoms with Gasteiger partial charge in [-0.05, 0) is 22.0 Å². The zero-order valence-electron chi connectivity index (χ0n) is 9.22. The summed E-state index contributed by atoms with van der Waals surface area (Å²) in [5.41, 5.74) is 1.19. The minimum Gasteiger partial charge on any atom is -0.465 e. The van der Waals surface area contributed by atoms with Crippen LogP contribution in [0.3, 0.4) is 0 Å². The molecule has 1 amide bonds. The molecule has 0 aliphatic heterocycles. The predicted octanol–water partition coefficient (Wildman–Crippen LogP) is 1.94. The van der Waals surface area contributed by atoms with Crippen LogP contribution in [0.1, 0.15) is 5.56 Å². The molecule has 2 rings (SSSR count). The Morgan fingerprint density at radius 3 is 3.11 bits per heavy atom. The standard InChI is InChI=1S/C11H9BrN4O2/c12-8-3-9-7(4-13)6-16(10(9)15-5-8)2-1-14-11(17)18/h3,5-6,14H,1-2H2,(H,17,18). The number of fused-ring (bicyclic) bond motifs is 1. The van der Waals surface area contributed by atoms with Crippen LogP contribution in [-0.2, 0) is 6.54 Å². The van der Waals surface area contributed by atoms with E-state index in [0.717, 1.165) is 9.86 Å². The van der Waals surface area contributed by atoms with Crippen molar-refractivity contribution < 1.29 is 9.90 Å². The highest BCUT2D eigenvalue weighted by Gasteiger charge is 2.09. The maximum Gasteiger partial charge on any atom is 0.404 e. The summed E-state index contributed by atoms with van der Waals surface area (Å²) in [5.74, 6) is 0. The smallest absolute Gasteiger partial charge is 0.404 e. The number of nitrogens with one attached hydrogen (secondary N) is 1. The molecule has 6 nitrogen and oxygen atoms in total. The lowest BCUT2D eigenvalue weighted by molar-refractivity contribution is 0.194. The summed E-state index contributed by atoms with van der Waals surface area (Å²) in [4.78, 5) is 14.6. The Labute approximate surface area is 111 Å². The van der Waals surface area contributed by atoms with E-state index in [9.17, 15) is 4.79 Å². The van der Waals surface area contributed by atoms with Gasteiger partial charge in [-0.15, -0.1) is 0 Å². The molecule has 0 spiro atoms. The Balaban J connectivity index is 2.34. The maximum absolute atomic E-state index is 10.4. The van der Waals surface area contributed by atoms with Crippen LogP contribution in [0.15, 0.2) is 22.9 Å². The molecule has 0 fully saturated rings. The van der Waals surface area contributed by atoms with Crippen molar-refractivity contribution in [3.05, 3.63) is 28.5 Å². The van der Waals surface area contributed by atoms with E-state index in [1.165, 1.54) is 0 Å². The normalized spacial score (nSPS) is 10.2. The van der Waals surface area contributed by atoms with E-state index < -0.39 is 6.09 Å². The van der Waals surface area contributed by atoms with Crippen molar-refractivity contribution in [2.24, 2.45) is 0 Å². The molecule has 18 heavy (non-hydrogen) atoms. The summed E-state index contributed by atoms with van der Waals surface area (Å²) in [6, 6.07) is 3.92. The summed E-state index contributed by atoms with van der Waals surface area (Å²) in [6.45, 7) is 0.695. The minimum absolute atomic E-state index is 0.266. The first kappa shape index (κ1) is 12.4. The molecule has 2 aromatic rings. The lowest BCUT2D eigenvalue weighted by Gasteiger charge is -2.04. The summed E-state index contributed by atoms with van der Waals surface area (Å²) in [7, 11) is 0. The number of aromatic nitrogens is 2. The largest absolute Gasteiger partial charge is 0.465 e. The Hall–Kier alpha value is -2.07. The van der Waals surface area contributed by atoms with Crippen molar-refractivity contribution in [1.82, 2.24) is 14.9 Å². The molecule has 0 aliphatic rings. The van der Waals surface area contributed by atoms with Crippen molar-refractivity contribution in [2.45, 2.75) is 6.54 Å². The molecule has 92 valence electrons. The van der Waals surface area contributed by atoms with E-state index in [0.29, 0.717) is 17.8 Å². The highest BCUT2D eigenvalue weighted by atomic mass is 79.9. The third kappa shape index (κ3) is 2.43. The third-order valence-electron chi connectivity index (χ3n) is 2.43. The molecule has 2 aromatic heterocycles. The van der Waals surface area contributed by atoms with Crippen molar-refractivity contribution in [2.75, 3.05) is 6.54 Å². The van der Waals surface area contributed by atoms with Gasteiger partial charge in [-0.1, -0.05) is 0 Å². The van der Waals surface area contributed by atoms with Crippen LogP contribution in [0.2, 0.25) is 0 Å². The second kappa shape index (κ2) is 5.06. The van der Waals surface area contributed by atoms with Gasteiger partial charge in [-0.25, -0.2) is 9.78 Å². The zero-order chi connectivity index (χ0) is 13.1. The number of rotatable bonds is 3. The maximum atomic E-state index is 10.4. The van der Waals surface area contributed by atoms with Crippen molar-refractivity contribution in [3.8, 4) is 6.07 Å². The molecule has 2 heterocycles. The van der Waals surface area contributed by atoms with Crippen LogP contribution in [0, 0.1) is 11.3 Å². The topological polar surface area (TPSA) is 90.9 Å².